The summed E-state index contributed by atoms with van der Waals surface area (Å²) in [6.07, 6.45) is 5.55. The predicted molar refractivity (Wildman–Crippen MR) is 92.9 cm³/mol. The van der Waals surface area contributed by atoms with E-state index in [0.717, 1.165) is 46.7 Å². The molecule has 3 aromatic heterocycles. The van der Waals surface area contributed by atoms with Gasteiger partial charge in [-0.15, -0.1) is 0 Å². The summed E-state index contributed by atoms with van der Waals surface area (Å²) in [5.74, 6) is 0.893. The molecular weight excluding hydrogens is 374 g/mol. The lowest BCUT2D eigenvalue weighted by atomic mass is 10.2. The number of nitrogens with zero attached hydrogens (tertiary/aromatic N) is 7. The summed E-state index contributed by atoms with van der Waals surface area (Å²) < 4.78 is 10.4. The van der Waals surface area contributed by atoms with E-state index in [4.69, 9.17) is 4.74 Å². The van der Waals surface area contributed by atoms with Crippen LogP contribution in [-0.4, -0.2) is 55.3 Å². The third-order valence-electron chi connectivity index (χ3n) is 4.15. The first-order valence-corrected chi connectivity index (χ1v) is 8.60. The molecule has 126 valence electrons. The monoisotopic (exact) mass is 391 g/mol. The van der Waals surface area contributed by atoms with Gasteiger partial charge in [-0.2, -0.15) is 10.2 Å². The summed E-state index contributed by atoms with van der Waals surface area (Å²) >= 11 is 3.52. The van der Waals surface area contributed by atoms with Crippen LogP contribution in [0, 0.1) is 6.92 Å². The zero-order valence-electron chi connectivity index (χ0n) is 13.6. The largest absolute Gasteiger partial charge is 0.373 e. The van der Waals surface area contributed by atoms with Gasteiger partial charge in [-0.3, -0.25) is 4.68 Å². The number of aromatic nitrogens is 6. The van der Waals surface area contributed by atoms with Gasteiger partial charge in [0, 0.05) is 26.3 Å². The Kier molecular flexibility index (Phi) is 3.97. The molecule has 1 fully saturated rings. The predicted octanol–water partition coefficient (Wildman–Crippen LogP) is 1.54. The van der Waals surface area contributed by atoms with E-state index in [1.165, 1.54) is 0 Å². The lowest BCUT2D eigenvalue weighted by molar-refractivity contribution is 0.0272. The second-order valence-corrected chi connectivity index (χ2v) is 6.74. The van der Waals surface area contributed by atoms with Crippen LogP contribution in [0.5, 0.6) is 0 Å². The van der Waals surface area contributed by atoms with Crippen LogP contribution in [0.15, 0.2) is 23.3 Å². The van der Waals surface area contributed by atoms with Gasteiger partial charge in [0.25, 0.3) is 0 Å². The van der Waals surface area contributed by atoms with E-state index >= 15 is 0 Å². The fourth-order valence-electron chi connectivity index (χ4n) is 3.06. The normalized spacial score (nSPS) is 18.5. The standard InChI is InChI=1S/C15H18BrN7O/c1-10-5-19-23(6-10)8-11-7-22(3-4-24-11)15-12-13(16)20-21(2)14(12)17-9-18-15/h5-6,9,11H,3-4,7-8H2,1-2H3. The Balaban J connectivity index is 1.60. The van der Waals surface area contributed by atoms with E-state index in [0.29, 0.717) is 6.61 Å². The number of fused-ring (bicyclic) bond motifs is 1. The topological polar surface area (TPSA) is 73.9 Å². The van der Waals surface area contributed by atoms with Crippen molar-refractivity contribution in [2.45, 2.75) is 19.6 Å². The van der Waals surface area contributed by atoms with E-state index in [1.54, 1.807) is 11.0 Å². The Morgan fingerprint density at radius 1 is 1.38 bits per heavy atom. The maximum Gasteiger partial charge on any atom is 0.164 e. The van der Waals surface area contributed by atoms with Gasteiger partial charge in [-0.25, -0.2) is 14.6 Å². The van der Waals surface area contributed by atoms with Crippen LogP contribution in [0.4, 0.5) is 5.82 Å². The molecule has 0 bridgehead atoms. The van der Waals surface area contributed by atoms with Crippen molar-refractivity contribution >= 4 is 32.8 Å². The number of hydrogen-bond donors (Lipinski definition) is 0. The Morgan fingerprint density at radius 3 is 3.04 bits per heavy atom. The molecule has 0 amide bonds. The van der Waals surface area contributed by atoms with Crippen molar-refractivity contribution < 1.29 is 4.74 Å². The molecule has 1 atom stereocenters. The van der Waals surface area contributed by atoms with E-state index in [2.05, 4.69) is 41.0 Å². The molecule has 0 aromatic carbocycles. The molecule has 0 radical (unpaired) electrons. The first kappa shape index (κ1) is 15.5. The minimum absolute atomic E-state index is 0.0681. The number of aryl methyl sites for hydroxylation is 2. The van der Waals surface area contributed by atoms with Crippen molar-refractivity contribution in [2.75, 3.05) is 24.6 Å². The highest BCUT2D eigenvalue weighted by atomic mass is 79.9. The Bertz CT molecular complexity index is 874. The molecule has 1 saturated heterocycles. The van der Waals surface area contributed by atoms with Gasteiger partial charge in [0.15, 0.2) is 5.65 Å². The molecule has 0 aliphatic carbocycles. The smallest absolute Gasteiger partial charge is 0.164 e. The minimum Gasteiger partial charge on any atom is -0.373 e. The highest BCUT2D eigenvalue weighted by Gasteiger charge is 2.25. The lowest BCUT2D eigenvalue weighted by Gasteiger charge is -2.33. The van der Waals surface area contributed by atoms with Crippen LogP contribution in [0.2, 0.25) is 0 Å². The van der Waals surface area contributed by atoms with Gasteiger partial charge >= 0.3 is 0 Å². The zero-order valence-corrected chi connectivity index (χ0v) is 15.1. The van der Waals surface area contributed by atoms with E-state index < -0.39 is 0 Å². The molecule has 9 heteroatoms. The molecule has 8 nitrogen and oxygen atoms in total. The molecular formula is C15H18BrN7O. The number of morpholine rings is 1. The fraction of sp³-hybridized carbons (Fsp3) is 0.467. The summed E-state index contributed by atoms with van der Waals surface area (Å²) in [6, 6.07) is 0. The molecule has 0 N–H and O–H groups in total. The summed E-state index contributed by atoms with van der Waals surface area (Å²) in [7, 11) is 1.88. The van der Waals surface area contributed by atoms with E-state index in [-0.39, 0.29) is 6.10 Å². The molecule has 0 spiro atoms. The van der Waals surface area contributed by atoms with Crippen LogP contribution in [-0.2, 0) is 18.3 Å². The third kappa shape index (κ3) is 2.78. The summed E-state index contributed by atoms with van der Waals surface area (Å²) in [5.41, 5.74) is 1.97. The Labute approximate surface area is 147 Å². The number of halogens is 1. The molecule has 24 heavy (non-hydrogen) atoms. The first-order valence-electron chi connectivity index (χ1n) is 7.80. The number of rotatable bonds is 3. The number of anilines is 1. The number of hydrogen-bond acceptors (Lipinski definition) is 6. The summed E-state index contributed by atoms with van der Waals surface area (Å²) in [6.45, 7) is 4.98. The molecule has 1 aliphatic heterocycles. The van der Waals surface area contributed by atoms with Gasteiger partial charge in [0.1, 0.15) is 16.7 Å². The van der Waals surface area contributed by atoms with Crippen LogP contribution in [0.25, 0.3) is 11.0 Å². The minimum atomic E-state index is 0.0681. The average Bonchev–Trinajstić information content (AvgIpc) is 3.11. The lowest BCUT2D eigenvalue weighted by Crippen LogP contribution is -2.44. The first-order chi connectivity index (χ1) is 11.6. The maximum atomic E-state index is 5.91. The van der Waals surface area contributed by atoms with Crippen molar-refractivity contribution in [3.8, 4) is 0 Å². The van der Waals surface area contributed by atoms with Crippen LogP contribution in [0.3, 0.4) is 0 Å². The Morgan fingerprint density at radius 2 is 2.25 bits per heavy atom. The van der Waals surface area contributed by atoms with Crippen molar-refractivity contribution in [2.24, 2.45) is 7.05 Å². The van der Waals surface area contributed by atoms with Gasteiger partial charge in [-0.05, 0) is 28.4 Å². The van der Waals surface area contributed by atoms with Crippen LogP contribution >= 0.6 is 15.9 Å². The summed E-state index contributed by atoms with van der Waals surface area (Å²) in [5, 5.41) is 9.68. The highest BCUT2D eigenvalue weighted by molar-refractivity contribution is 9.10. The molecule has 1 aliphatic rings. The molecule has 4 heterocycles. The zero-order chi connectivity index (χ0) is 16.7. The molecule has 0 saturated carbocycles. The molecule has 4 rings (SSSR count). The SMILES string of the molecule is Cc1cnn(CC2CN(c3ncnc4c3c(Br)nn4C)CCO2)c1. The quantitative estimate of drug-likeness (QED) is 0.673. The van der Waals surface area contributed by atoms with E-state index in [9.17, 15) is 0 Å². The van der Waals surface area contributed by atoms with Crippen LogP contribution < -0.4 is 4.90 Å². The van der Waals surface area contributed by atoms with Gasteiger partial charge < -0.3 is 9.64 Å². The van der Waals surface area contributed by atoms with Gasteiger partial charge in [0.2, 0.25) is 0 Å². The van der Waals surface area contributed by atoms with Crippen molar-refractivity contribution in [3.05, 3.63) is 28.9 Å². The highest BCUT2D eigenvalue weighted by Crippen LogP contribution is 2.30. The van der Waals surface area contributed by atoms with E-state index in [1.807, 2.05) is 31.0 Å². The van der Waals surface area contributed by atoms with Crippen molar-refractivity contribution in [1.29, 1.82) is 0 Å². The Hall–Kier alpha value is -2.00. The van der Waals surface area contributed by atoms with Crippen molar-refractivity contribution in [1.82, 2.24) is 29.5 Å². The third-order valence-corrected chi connectivity index (χ3v) is 4.70. The molecule has 1 unspecified atom stereocenters. The maximum absolute atomic E-state index is 5.91. The fourth-order valence-corrected chi connectivity index (χ4v) is 3.66. The summed E-state index contributed by atoms with van der Waals surface area (Å²) in [4.78, 5) is 11.1. The average molecular weight is 392 g/mol. The number of ether oxygens (including phenoxy) is 1. The van der Waals surface area contributed by atoms with Crippen LogP contribution in [0.1, 0.15) is 5.56 Å². The van der Waals surface area contributed by atoms with Crippen molar-refractivity contribution in [3.63, 3.8) is 0 Å². The second kappa shape index (κ2) is 6.14. The second-order valence-electron chi connectivity index (χ2n) is 5.99. The van der Waals surface area contributed by atoms with Gasteiger partial charge in [0.05, 0.1) is 30.8 Å². The molecule has 3 aromatic rings. The van der Waals surface area contributed by atoms with Gasteiger partial charge in [-0.1, -0.05) is 0 Å².